The number of ether oxygens (including phenoxy) is 2. The zero-order valence-corrected chi connectivity index (χ0v) is 38.4. The van der Waals surface area contributed by atoms with Gasteiger partial charge in [-0.25, -0.2) is 14.2 Å². The molecule has 4 rings (SSSR count). The molecular formula is C46H65FN6O8S. The predicted octanol–water partition coefficient (Wildman–Crippen LogP) is 6.58. The van der Waals surface area contributed by atoms with Crippen molar-refractivity contribution in [1.29, 1.82) is 0 Å². The van der Waals surface area contributed by atoms with Crippen LogP contribution in [0, 0.1) is 25.1 Å². The lowest BCUT2D eigenvalue weighted by atomic mass is 9.85. The zero-order valence-electron chi connectivity index (χ0n) is 37.6. The molecule has 5 atom stereocenters. The number of primary amides is 1. The maximum absolute atomic E-state index is 15.7. The van der Waals surface area contributed by atoms with Crippen LogP contribution in [0.15, 0.2) is 41.9 Å². The first-order valence-electron chi connectivity index (χ1n) is 21.3. The molecule has 0 unspecified atom stereocenters. The van der Waals surface area contributed by atoms with Gasteiger partial charge in [0.15, 0.2) is 11.6 Å². The zero-order chi connectivity index (χ0) is 45.9. The second kappa shape index (κ2) is 21.8. The molecule has 6 N–H and O–H groups in total. The lowest BCUT2D eigenvalue weighted by molar-refractivity contribution is -0.144. The molecule has 16 heteroatoms. The van der Waals surface area contributed by atoms with Crippen LogP contribution in [0.25, 0.3) is 10.4 Å². The summed E-state index contributed by atoms with van der Waals surface area (Å²) in [6.45, 7) is 16.2. The fourth-order valence-corrected chi connectivity index (χ4v) is 8.12. The number of hydrogen-bond donors (Lipinski definition) is 5. The van der Waals surface area contributed by atoms with Crippen LogP contribution in [0.5, 0.6) is 5.75 Å². The van der Waals surface area contributed by atoms with E-state index in [9.17, 15) is 29.1 Å². The van der Waals surface area contributed by atoms with Gasteiger partial charge >= 0.3 is 6.09 Å². The first-order chi connectivity index (χ1) is 29.0. The molecule has 0 radical (unpaired) electrons. The van der Waals surface area contributed by atoms with Gasteiger partial charge in [0.2, 0.25) is 23.6 Å². The number of nitrogens with one attached hydrogen (secondary N) is 3. The summed E-state index contributed by atoms with van der Waals surface area (Å²) in [5.74, 6) is -2.21. The molecule has 2 heterocycles. The molecule has 0 saturated carbocycles. The normalized spacial score (nSPS) is 16.9. The Bertz CT molecular complexity index is 2030. The van der Waals surface area contributed by atoms with E-state index < -0.39 is 59.0 Å². The van der Waals surface area contributed by atoms with Gasteiger partial charge in [0.1, 0.15) is 24.3 Å². The minimum atomic E-state index is -0.954. The van der Waals surface area contributed by atoms with E-state index in [1.165, 1.54) is 11.0 Å². The number of carbonyl (C=O) groups is 5. The number of aryl methyl sites for hydroxylation is 2. The number of benzene rings is 2. The van der Waals surface area contributed by atoms with Gasteiger partial charge in [0.25, 0.3) is 0 Å². The van der Waals surface area contributed by atoms with Gasteiger partial charge in [-0.3, -0.25) is 19.2 Å². The largest absolute Gasteiger partial charge is 0.488 e. The molecule has 62 heavy (non-hydrogen) atoms. The average molecular weight is 881 g/mol. The van der Waals surface area contributed by atoms with Crippen LogP contribution in [0.3, 0.4) is 0 Å². The number of nitrogens with two attached hydrogens (primary N) is 1. The smallest absolute Gasteiger partial charge is 0.407 e. The number of amides is 5. The molecule has 1 fully saturated rings. The van der Waals surface area contributed by atoms with Crippen LogP contribution < -0.4 is 26.4 Å². The summed E-state index contributed by atoms with van der Waals surface area (Å²) < 4.78 is 26.9. The monoisotopic (exact) mass is 880 g/mol. The van der Waals surface area contributed by atoms with Crippen molar-refractivity contribution in [3.05, 3.63) is 70.1 Å². The molecule has 1 aliphatic rings. The van der Waals surface area contributed by atoms with Gasteiger partial charge < -0.3 is 41.2 Å². The quantitative estimate of drug-likeness (QED) is 0.0825. The minimum Gasteiger partial charge on any atom is -0.488 e. The Morgan fingerprint density at radius 3 is 2.27 bits per heavy atom. The van der Waals surface area contributed by atoms with Gasteiger partial charge in [-0.1, -0.05) is 57.5 Å². The van der Waals surface area contributed by atoms with Gasteiger partial charge in [-0.2, -0.15) is 0 Å². The molecule has 1 aromatic heterocycles. The Kier molecular flexibility index (Phi) is 17.4. The van der Waals surface area contributed by atoms with Crippen molar-refractivity contribution in [3.8, 4) is 16.2 Å². The number of halogens is 1. The van der Waals surface area contributed by atoms with E-state index in [0.29, 0.717) is 31.2 Å². The van der Waals surface area contributed by atoms with Crippen molar-refractivity contribution in [3.63, 3.8) is 0 Å². The highest BCUT2D eigenvalue weighted by Crippen LogP contribution is 2.30. The maximum Gasteiger partial charge on any atom is 0.407 e. The number of β-amino-alcohol motifs (C(OH)–C–C–N with tert-alkyl or cyclic N) is 1. The van der Waals surface area contributed by atoms with Crippen LogP contribution in [-0.2, 0) is 30.3 Å². The van der Waals surface area contributed by atoms with E-state index in [-0.39, 0.29) is 62.4 Å². The van der Waals surface area contributed by atoms with Gasteiger partial charge in [-0.05, 0) is 101 Å². The van der Waals surface area contributed by atoms with Gasteiger partial charge in [-0.15, -0.1) is 11.3 Å². The molecule has 5 amide bonds. The van der Waals surface area contributed by atoms with E-state index in [1.54, 1.807) is 50.6 Å². The third kappa shape index (κ3) is 14.5. The molecule has 14 nitrogen and oxygen atoms in total. The summed E-state index contributed by atoms with van der Waals surface area (Å²) in [4.78, 5) is 71.7. The third-order valence-corrected chi connectivity index (χ3v) is 11.7. The molecule has 2 aromatic carbocycles. The molecule has 0 aliphatic carbocycles. The van der Waals surface area contributed by atoms with Crippen LogP contribution in [0.2, 0.25) is 0 Å². The molecule has 0 bridgehead atoms. The van der Waals surface area contributed by atoms with Gasteiger partial charge in [0, 0.05) is 25.8 Å². The Balaban J connectivity index is 1.29. The van der Waals surface area contributed by atoms with Crippen LogP contribution in [0.1, 0.15) is 122 Å². The van der Waals surface area contributed by atoms with E-state index >= 15 is 4.39 Å². The van der Waals surface area contributed by atoms with Crippen LogP contribution in [-0.4, -0.2) is 87.7 Å². The van der Waals surface area contributed by atoms with Crippen molar-refractivity contribution in [2.24, 2.45) is 11.1 Å². The summed E-state index contributed by atoms with van der Waals surface area (Å²) >= 11 is 1.56. The number of aliphatic hydroxyl groups excluding tert-OH is 1. The summed E-state index contributed by atoms with van der Waals surface area (Å²) in [6.07, 6.45) is 0.850. The Morgan fingerprint density at radius 2 is 1.66 bits per heavy atom. The minimum absolute atomic E-state index is 0.00519. The topological polar surface area (TPSA) is 202 Å². The number of unbranched alkanes of at least 4 members (excludes halogenated alkanes) is 2. The Morgan fingerprint density at radius 1 is 0.968 bits per heavy atom. The molecular weight excluding hydrogens is 816 g/mol. The summed E-state index contributed by atoms with van der Waals surface area (Å²) in [6, 6.07) is 8.27. The Labute approximate surface area is 368 Å². The maximum atomic E-state index is 15.7. The number of thiazole rings is 1. The number of aliphatic hydroxyl groups is 1. The molecule has 0 spiro atoms. The van der Waals surface area contributed by atoms with Crippen molar-refractivity contribution in [2.75, 3.05) is 13.2 Å². The van der Waals surface area contributed by atoms with Crippen LogP contribution >= 0.6 is 11.3 Å². The van der Waals surface area contributed by atoms with Crippen molar-refractivity contribution >= 4 is 41.1 Å². The standard InChI is InChI=1S/C46H65FN6O8S/c1-27-15-21-36(60-25-32(20-22-37(48)55)51-44(59)61-46(7,8)9)39(47)34(27)13-11-10-12-14-38(56)52-41(45(4,5)6)43(58)53-24-33(54)23-35(53)42(57)50-28(2)30-16-18-31(19-17-30)40-29(3)49-26-62-40/h15-19,21,26,28,32-33,35,41,54H,10-14,20,22-25H2,1-9H3,(H2,48,55)(H,50,57)(H,51,59)(H,52,56)/t28-,32-,33+,35-,41+/m0/s1. The third-order valence-electron chi connectivity index (χ3n) is 10.7. The number of alkyl carbamates (subject to hydrolysis) is 1. The van der Waals surface area contributed by atoms with Gasteiger partial charge in [0.05, 0.1) is 34.3 Å². The number of nitrogens with zero attached hydrogens (tertiary/aromatic N) is 2. The van der Waals surface area contributed by atoms with E-state index in [2.05, 4.69) is 20.9 Å². The highest BCUT2D eigenvalue weighted by atomic mass is 32.1. The number of aromatic nitrogens is 1. The SMILES string of the molecule is Cc1ccc(OC[C@H](CCC(N)=O)NC(=O)OC(C)(C)C)c(F)c1CCCCCC(=O)N[C@H](C(=O)N1C[C@H](O)C[C@H]1C(=O)N[C@@H](C)c1ccc(-c2scnc2C)cc1)C(C)(C)C. The first kappa shape index (κ1) is 49.6. The number of hydrogen-bond acceptors (Lipinski definition) is 10. The molecule has 3 aromatic rings. The predicted molar refractivity (Wildman–Crippen MR) is 237 cm³/mol. The number of likely N-dealkylation sites (tertiary alicyclic amines) is 1. The first-order valence-corrected chi connectivity index (χ1v) is 22.2. The second-order valence-electron chi connectivity index (χ2n) is 18.3. The Hall–Kier alpha value is -5.09. The number of rotatable bonds is 19. The second-order valence-corrected chi connectivity index (χ2v) is 19.1. The summed E-state index contributed by atoms with van der Waals surface area (Å²) in [7, 11) is 0. The molecule has 1 aliphatic heterocycles. The molecule has 1 saturated heterocycles. The average Bonchev–Trinajstić information content (AvgIpc) is 3.80. The van der Waals surface area contributed by atoms with E-state index in [0.717, 1.165) is 27.3 Å². The number of carbonyl (C=O) groups excluding carboxylic acids is 5. The van der Waals surface area contributed by atoms with Crippen molar-refractivity contribution in [1.82, 2.24) is 25.8 Å². The highest BCUT2D eigenvalue weighted by Gasteiger charge is 2.44. The van der Waals surface area contributed by atoms with E-state index in [1.807, 2.05) is 58.9 Å². The van der Waals surface area contributed by atoms with Crippen molar-refractivity contribution in [2.45, 2.75) is 150 Å². The lowest BCUT2D eigenvalue weighted by Crippen LogP contribution is -2.57. The molecule has 340 valence electrons. The highest BCUT2D eigenvalue weighted by molar-refractivity contribution is 7.13. The van der Waals surface area contributed by atoms with Crippen LogP contribution in [0.4, 0.5) is 9.18 Å². The summed E-state index contributed by atoms with van der Waals surface area (Å²) in [5.41, 5.74) is 9.76. The lowest BCUT2D eigenvalue weighted by Gasteiger charge is -2.35. The van der Waals surface area contributed by atoms with Crippen molar-refractivity contribution < 1.29 is 42.9 Å². The van der Waals surface area contributed by atoms with E-state index in [4.69, 9.17) is 15.2 Å². The fraction of sp³-hybridized carbons (Fsp3) is 0.565. The fourth-order valence-electron chi connectivity index (χ4n) is 7.31. The summed E-state index contributed by atoms with van der Waals surface area (Å²) in [5, 5.41) is 19.2.